The topological polar surface area (TPSA) is 41.5 Å². The molecule has 0 saturated carbocycles. The largest absolute Gasteiger partial charge is 0.272 e. The predicted molar refractivity (Wildman–Crippen MR) is 85.3 cm³/mol. The second-order valence-corrected chi connectivity index (χ2v) is 5.45. The zero-order valence-corrected chi connectivity index (χ0v) is 13.1. The fourth-order valence-electron chi connectivity index (χ4n) is 1.62. The molecule has 0 bridgehead atoms. The monoisotopic (exact) mass is 350 g/mol. The molecule has 2 aromatic rings. The van der Waals surface area contributed by atoms with E-state index >= 15 is 0 Å². The number of nitrogens with one attached hydrogen (secondary N) is 1. The van der Waals surface area contributed by atoms with Crippen molar-refractivity contribution in [3.63, 3.8) is 0 Å². The molecule has 20 heavy (non-hydrogen) atoms. The van der Waals surface area contributed by atoms with Crippen LogP contribution in [0.25, 0.3) is 0 Å². The maximum atomic E-state index is 12.0. The van der Waals surface area contributed by atoms with Crippen molar-refractivity contribution in [2.45, 2.75) is 6.92 Å². The minimum atomic E-state index is -0.329. The third-order valence-corrected chi connectivity index (χ3v) is 3.51. The van der Waals surface area contributed by atoms with Crippen LogP contribution in [0.3, 0.4) is 0 Å². The summed E-state index contributed by atoms with van der Waals surface area (Å²) in [5.41, 5.74) is 4.55. The fourth-order valence-corrected chi connectivity index (χ4v) is 2.24. The summed E-state index contributed by atoms with van der Waals surface area (Å²) in [6, 6.07) is 14.5. The molecule has 1 N–H and O–H groups in total. The lowest BCUT2D eigenvalue weighted by Gasteiger charge is -2.04. The van der Waals surface area contributed by atoms with Crippen molar-refractivity contribution < 1.29 is 4.79 Å². The van der Waals surface area contributed by atoms with Gasteiger partial charge in [-0.25, -0.2) is 5.43 Å². The van der Waals surface area contributed by atoms with Crippen LogP contribution in [0.5, 0.6) is 0 Å². The van der Waals surface area contributed by atoms with E-state index in [9.17, 15) is 4.79 Å². The van der Waals surface area contributed by atoms with Crippen LogP contribution in [-0.2, 0) is 0 Å². The van der Waals surface area contributed by atoms with Gasteiger partial charge in [0.05, 0.1) is 16.3 Å². The molecule has 2 rings (SSSR count). The van der Waals surface area contributed by atoms with Crippen LogP contribution in [0.2, 0.25) is 5.02 Å². The van der Waals surface area contributed by atoms with Gasteiger partial charge in [0.25, 0.3) is 5.91 Å². The number of rotatable bonds is 3. The Labute approximate surface area is 130 Å². The summed E-state index contributed by atoms with van der Waals surface area (Å²) in [5.74, 6) is -0.329. The van der Waals surface area contributed by atoms with Crippen molar-refractivity contribution >= 4 is 39.1 Å². The summed E-state index contributed by atoms with van der Waals surface area (Å²) in [6.07, 6.45) is 0. The first-order chi connectivity index (χ1) is 9.58. The lowest BCUT2D eigenvalue weighted by molar-refractivity contribution is 0.0955. The van der Waals surface area contributed by atoms with Gasteiger partial charge in [-0.1, -0.05) is 51.8 Å². The van der Waals surface area contributed by atoms with E-state index in [0.717, 1.165) is 10.0 Å². The molecule has 0 aliphatic rings. The second-order valence-electron chi connectivity index (χ2n) is 4.13. The van der Waals surface area contributed by atoms with Crippen LogP contribution >= 0.6 is 27.5 Å². The van der Waals surface area contributed by atoms with Gasteiger partial charge in [-0.05, 0) is 36.8 Å². The summed E-state index contributed by atoms with van der Waals surface area (Å²) in [7, 11) is 0. The fraction of sp³-hybridized carbons (Fsp3) is 0.0667. The highest BCUT2D eigenvalue weighted by molar-refractivity contribution is 9.10. The molecule has 0 spiro atoms. The van der Waals surface area contributed by atoms with Crippen LogP contribution in [0.1, 0.15) is 22.8 Å². The minimum Gasteiger partial charge on any atom is -0.267 e. The first-order valence-corrected chi connectivity index (χ1v) is 7.10. The zero-order chi connectivity index (χ0) is 14.5. The number of carbonyl (C=O) groups is 1. The van der Waals surface area contributed by atoms with E-state index in [1.54, 1.807) is 24.3 Å². The number of benzene rings is 2. The van der Waals surface area contributed by atoms with E-state index in [1.165, 1.54) is 0 Å². The van der Waals surface area contributed by atoms with Gasteiger partial charge < -0.3 is 0 Å². The molecule has 0 fully saturated rings. The molecule has 0 atom stereocenters. The first-order valence-electron chi connectivity index (χ1n) is 5.93. The SMILES string of the molecule is C/C(=N/NC(=O)c1ccccc1Cl)c1cccc(Br)c1. The van der Waals surface area contributed by atoms with E-state index in [2.05, 4.69) is 26.5 Å². The molecule has 2 aromatic carbocycles. The van der Waals surface area contributed by atoms with E-state index in [-0.39, 0.29) is 5.91 Å². The van der Waals surface area contributed by atoms with Crippen molar-refractivity contribution in [3.8, 4) is 0 Å². The summed E-state index contributed by atoms with van der Waals surface area (Å²) in [6.45, 7) is 1.83. The van der Waals surface area contributed by atoms with Crippen LogP contribution in [-0.4, -0.2) is 11.6 Å². The lowest BCUT2D eigenvalue weighted by atomic mass is 10.1. The Morgan fingerprint density at radius 1 is 1.20 bits per heavy atom. The predicted octanol–water partition coefficient (Wildman–Crippen LogP) is 4.26. The van der Waals surface area contributed by atoms with Gasteiger partial charge in [-0.2, -0.15) is 5.10 Å². The number of hydrogen-bond donors (Lipinski definition) is 1. The Morgan fingerprint density at radius 2 is 1.95 bits per heavy atom. The van der Waals surface area contributed by atoms with Crippen LogP contribution in [0, 0.1) is 0 Å². The highest BCUT2D eigenvalue weighted by Gasteiger charge is 2.08. The van der Waals surface area contributed by atoms with E-state index in [4.69, 9.17) is 11.6 Å². The van der Waals surface area contributed by atoms with Crippen molar-refractivity contribution in [2.75, 3.05) is 0 Å². The van der Waals surface area contributed by atoms with Gasteiger partial charge in [-0.3, -0.25) is 4.79 Å². The average molecular weight is 352 g/mol. The molecule has 0 unspecified atom stereocenters. The van der Waals surface area contributed by atoms with E-state index in [1.807, 2.05) is 31.2 Å². The maximum absolute atomic E-state index is 12.0. The third kappa shape index (κ3) is 3.68. The first kappa shape index (κ1) is 14.8. The number of nitrogens with zero attached hydrogens (tertiary/aromatic N) is 1. The molecule has 1 amide bonds. The van der Waals surface area contributed by atoms with Gasteiger partial charge in [0, 0.05) is 4.47 Å². The molecule has 0 aliphatic heterocycles. The Kier molecular flexibility index (Phi) is 4.93. The van der Waals surface area contributed by atoms with Crippen molar-refractivity contribution in [1.29, 1.82) is 0 Å². The maximum Gasteiger partial charge on any atom is 0.272 e. The molecule has 102 valence electrons. The summed E-state index contributed by atoms with van der Waals surface area (Å²) >= 11 is 9.35. The molecular formula is C15H12BrClN2O. The van der Waals surface area contributed by atoms with Gasteiger partial charge in [0.1, 0.15) is 0 Å². The molecule has 0 aliphatic carbocycles. The number of hydrogen-bond acceptors (Lipinski definition) is 2. The Hall–Kier alpha value is -1.65. The third-order valence-electron chi connectivity index (χ3n) is 2.69. The smallest absolute Gasteiger partial charge is 0.267 e. The van der Waals surface area contributed by atoms with E-state index < -0.39 is 0 Å². The molecular weight excluding hydrogens is 340 g/mol. The normalized spacial score (nSPS) is 11.2. The summed E-state index contributed by atoms with van der Waals surface area (Å²) in [5, 5.41) is 4.49. The van der Waals surface area contributed by atoms with Crippen LogP contribution in [0.4, 0.5) is 0 Å². The molecule has 3 nitrogen and oxygen atoms in total. The van der Waals surface area contributed by atoms with Gasteiger partial charge >= 0.3 is 0 Å². The highest BCUT2D eigenvalue weighted by atomic mass is 79.9. The number of halogens is 2. The summed E-state index contributed by atoms with van der Waals surface area (Å²) in [4.78, 5) is 12.0. The second kappa shape index (κ2) is 6.68. The number of amides is 1. The summed E-state index contributed by atoms with van der Waals surface area (Å²) < 4.78 is 0.960. The standard InChI is InChI=1S/C15H12BrClN2O/c1-10(11-5-4-6-12(16)9-11)18-19-15(20)13-7-2-3-8-14(13)17/h2-9H,1H3,(H,19,20)/b18-10-. The Balaban J connectivity index is 2.13. The highest BCUT2D eigenvalue weighted by Crippen LogP contribution is 2.15. The zero-order valence-electron chi connectivity index (χ0n) is 10.7. The Bertz CT molecular complexity index is 670. The molecule has 0 radical (unpaired) electrons. The minimum absolute atomic E-state index is 0.329. The van der Waals surface area contributed by atoms with Crippen molar-refractivity contribution in [2.24, 2.45) is 5.10 Å². The number of carbonyl (C=O) groups excluding carboxylic acids is 1. The van der Waals surface area contributed by atoms with E-state index in [0.29, 0.717) is 16.3 Å². The number of hydrazone groups is 1. The van der Waals surface area contributed by atoms with Crippen LogP contribution in [0.15, 0.2) is 58.1 Å². The van der Waals surface area contributed by atoms with Crippen molar-refractivity contribution in [1.82, 2.24) is 5.43 Å². The molecule has 0 aromatic heterocycles. The molecule has 5 heteroatoms. The molecule has 0 heterocycles. The van der Waals surface area contributed by atoms with Gasteiger partial charge in [-0.15, -0.1) is 0 Å². The van der Waals surface area contributed by atoms with Crippen molar-refractivity contribution in [3.05, 3.63) is 69.2 Å². The lowest BCUT2D eigenvalue weighted by Crippen LogP contribution is -2.19. The van der Waals surface area contributed by atoms with Gasteiger partial charge in [0.2, 0.25) is 0 Å². The average Bonchev–Trinajstić information content (AvgIpc) is 2.45. The Morgan fingerprint density at radius 3 is 2.65 bits per heavy atom. The van der Waals surface area contributed by atoms with Gasteiger partial charge in [0.15, 0.2) is 0 Å². The quantitative estimate of drug-likeness (QED) is 0.651. The molecule has 0 saturated heterocycles. The van der Waals surface area contributed by atoms with Crippen LogP contribution < -0.4 is 5.43 Å².